The van der Waals surface area contributed by atoms with Crippen LogP contribution in [0.1, 0.15) is 0 Å². The second-order valence-corrected chi connectivity index (χ2v) is 4.34. The third kappa shape index (κ3) is 2.60. The molecule has 0 spiro atoms. The fourth-order valence-corrected chi connectivity index (χ4v) is 1.80. The second kappa shape index (κ2) is 5.26. The molecular weight excluding hydrogens is 283 g/mol. The van der Waals surface area contributed by atoms with Crippen LogP contribution in [-0.2, 0) is 0 Å². The van der Waals surface area contributed by atoms with E-state index in [1.807, 2.05) is 0 Å². The summed E-state index contributed by atoms with van der Waals surface area (Å²) < 4.78 is 18.6. The highest BCUT2D eigenvalue weighted by atomic mass is 35.5. The zero-order valence-corrected chi connectivity index (χ0v) is 10.8. The van der Waals surface area contributed by atoms with Crippen molar-refractivity contribution in [3.63, 3.8) is 0 Å². The smallest absolute Gasteiger partial charge is 0.204 e. The van der Waals surface area contributed by atoms with Gasteiger partial charge in [-0.25, -0.2) is 4.39 Å². The Morgan fingerprint density at radius 3 is 2.45 bits per heavy atom. The lowest BCUT2D eigenvalue weighted by Gasteiger charge is -2.06. The van der Waals surface area contributed by atoms with Gasteiger partial charge in [0.1, 0.15) is 17.3 Å². The van der Waals surface area contributed by atoms with Crippen LogP contribution >= 0.6 is 11.6 Å². The molecule has 0 amide bonds. The van der Waals surface area contributed by atoms with Crippen LogP contribution in [0.15, 0.2) is 42.5 Å². The summed E-state index contributed by atoms with van der Waals surface area (Å²) in [5, 5.41) is 13.6. The van der Waals surface area contributed by atoms with Crippen molar-refractivity contribution in [2.75, 3.05) is 0 Å². The molecule has 1 heterocycles. The first-order valence-electron chi connectivity index (χ1n) is 5.69. The summed E-state index contributed by atoms with van der Waals surface area (Å²) in [6.07, 6.45) is 0. The van der Waals surface area contributed by atoms with Crippen molar-refractivity contribution in [1.29, 1.82) is 0 Å². The number of H-pyrrole nitrogens is 1. The van der Waals surface area contributed by atoms with Crippen LogP contribution in [0.3, 0.4) is 0 Å². The predicted octanol–water partition coefficient (Wildman–Crippen LogP) is 3.45. The highest BCUT2D eigenvalue weighted by molar-refractivity contribution is 6.30. The lowest BCUT2D eigenvalue weighted by molar-refractivity contribution is 0.480. The summed E-state index contributed by atoms with van der Waals surface area (Å²) in [7, 11) is 0. The van der Waals surface area contributed by atoms with Crippen molar-refractivity contribution < 1.29 is 9.13 Å². The van der Waals surface area contributed by atoms with E-state index in [2.05, 4.69) is 20.6 Å². The molecule has 0 atom stereocenters. The number of aromatic nitrogens is 4. The van der Waals surface area contributed by atoms with Gasteiger partial charge >= 0.3 is 0 Å². The number of nitrogens with zero attached hydrogens (tertiary/aromatic N) is 3. The molecule has 0 saturated carbocycles. The van der Waals surface area contributed by atoms with E-state index in [-0.39, 0.29) is 5.02 Å². The van der Waals surface area contributed by atoms with Crippen LogP contribution < -0.4 is 4.74 Å². The largest absolute Gasteiger partial charge is 0.457 e. The van der Waals surface area contributed by atoms with E-state index in [1.54, 1.807) is 24.3 Å². The molecule has 0 bridgehead atoms. The van der Waals surface area contributed by atoms with Gasteiger partial charge in [-0.2, -0.15) is 5.21 Å². The first-order valence-corrected chi connectivity index (χ1v) is 6.07. The van der Waals surface area contributed by atoms with Gasteiger partial charge in [0.2, 0.25) is 5.82 Å². The van der Waals surface area contributed by atoms with Gasteiger partial charge in [0, 0.05) is 11.6 Å². The number of hydrogen-bond acceptors (Lipinski definition) is 4. The Bertz CT molecular complexity index is 716. The Kier molecular flexibility index (Phi) is 3.30. The molecule has 5 nitrogen and oxygen atoms in total. The molecule has 100 valence electrons. The maximum absolute atomic E-state index is 13.0. The first-order chi connectivity index (χ1) is 9.72. The fraction of sp³-hybridized carbons (Fsp3) is 0. The Morgan fingerprint density at radius 1 is 1.05 bits per heavy atom. The van der Waals surface area contributed by atoms with Gasteiger partial charge in [-0.05, 0) is 41.6 Å². The highest BCUT2D eigenvalue weighted by Gasteiger charge is 2.05. The van der Waals surface area contributed by atoms with Crippen molar-refractivity contribution in [2.24, 2.45) is 0 Å². The van der Waals surface area contributed by atoms with E-state index in [9.17, 15) is 4.39 Å². The standard InChI is InChI=1S/C13H8ClFN4O/c14-11-7-10(5-6-12(11)15)20-9-3-1-8(2-4-9)13-16-18-19-17-13/h1-7H,(H,16,17,18,19). The molecule has 0 aliphatic heterocycles. The zero-order valence-electron chi connectivity index (χ0n) is 10.0. The van der Waals surface area contributed by atoms with E-state index in [1.165, 1.54) is 18.2 Å². The van der Waals surface area contributed by atoms with E-state index < -0.39 is 5.82 Å². The molecule has 0 radical (unpaired) electrons. The molecule has 7 heteroatoms. The van der Waals surface area contributed by atoms with Crippen molar-refractivity contribution in [2.45, 2.75) is 0 Å². The molecule has 0 fully saturated rings. The topological polar surface area (TPSA) is 63.7 Å². The quantitative estimate of drug-likeness (QED) is 0.802. The second-order valence-electron chi connectivity index (χ2n) is 3.94. The van der Waals surface area contributed by atoms with E-state index >= 15 is 0 Å². The number of ether oxygens (including phenoxy) is 1. The molecule has 1 N–H and O–H groups in total. The lowest BCUT2D eigenvalue weighted by atomic mass is 10.2. The molecule has 3 rings (SSSR count). The number of benzene rings is 2. The number of tetrazole rings is 1. The molecule has 3 aromatic rings. The minimum atomic E-state index is -0.480. The number of nitrogens with one attached hydrogen (secondary N) is 1. The zero-order chi connectivity index (χ0) is 13.9. The van der Waals surface area contributed by atoms with Gasteiger partial charge in [0.05, 0.1) is 5.02 Å². The van der Waals surface area contributed by atoms with Crippen LogP contribution in [0.4, 0.5) is 4.39 Å². The van der Waals surface area contributed by atoms with Gasteiger partial charge in [0.15, 0.2) is 0 Å². The van der Waals surface area contributed by atoms with Crippen molar-refractivity contribution in [3.8, 4) is 22.9 Å². The van der Waals surface area contributed by atoms with Gasteiger partial charge in [-0.1, -0.05) is 11.6 Å². The van der Waals surface area contributed by atoms with Crippen LogP contribution in [0, 0.1) is 5.82 Å². The summed E-state index contributed by atoms with van der Waals surface area (Å²) in [5.74, 6) is 1.08. The molecular formula is C13H8ClFN4O. The van der Waals surface area contributed by atoms with Gasteiger partial charge < -0.3 is 4.74 Å². The predicted molar refractivity (Wildman–Crippen MR) is 71.1 cm³/mol. The maximum Gasteiger partial charge on any atom is 0.204 e. The van der Waals surface area contributed by atoms with E-state index in [4.69, 9.17) is 16.3 Å². The van der Waals surface area contributed by atoms with Crippen molar-refractivity contribution >= 4 is 11.6 Å². The fourth-order valence-electron chi connectivity index (χ4n) is 1.63. The Morgan fingerprint density at radius 2 is 1.80 bits per heavy atom. The molecule has 0 aliphatic rings. The summed E-state index contributed by atoms with van der Waals surface area (Å²) in [5.41, 5.74) is 0.809. The summed E-state index contributed by atoms with van der Waals surface area (Å²) in [6.45, 7) is 0. The highest BCUT2D eigenvalue weighted by Crippen LogP contribution is 2.27. The molecule has 1 aromatic heterocycles. The molecule has 0 unspecified atom stereocenters. The minimum Gasteiger partial charge on any atom is -0.457 e. The third-order valence-electron chi connectivity index (χ3n) is 2.58. The number of rotatable bonds is 3. The Hall–Kier alpha value is -2.47. The third-order valence-corrected chi connectivity index (χ3v) is 2.87. The van der Waals surface area contributed by atoms with E-state index in [0.29, 0.717) is 17.3 Å². The molecule has 2 aromatic carbocycles. The Balaban J connectivity index is 1.79. The lowest BCUT2D eigenvalue weighted by Crippen LogP contribution is -1.86. The summed E-state index contributed by atoms with van der Waals surface area (Å²) in [6, 6.07) is 11.3. The van der Waals surface area contributed by atoms with Gasteiger partial charge in [0.25, 0.3) is 0 Å². The van der Waals surface area contributed by atoms with Crippen molar-refractivity contribution in [1.82, 2.24) is 20.6 Å². The van der Waals surface area contributed by atoms with E-state index in [0.717, 1.165) is 5.56 Å². The Labute approximate surface area is 118 Å². The van der Waals surface area contributed by atoms with Crippen LogP contribution in [0.25, 0.3) is 11.4 Å². The van der Waals surface area contributed by atoms with Gasteiger partial charge in [-0.3, -0.25) is 0 Å². The summed E-state index contributed by atoms with van der Waals surface area (Å²) >= 11 is 5.69. The average Bonchev–Trinajstić information content (AvgIpc) is 2.98. The van der Waals surface area contributed by atoms with Crippen LogP contribution in [0.2, 0.25) is 5.02 Å². The first kappa shape index (κ1) is 12.6. The number of halogens is 2. The normalized spacial score (nSPS) is 10.5. The van der Waals surface area contributed by atoms with Crippen LogP contribution in [-0.4, -0.2) is 20.6 Å². The number of aromatic amines is 1. The molecule has 0 aliphatic carbocycles. The average molecular weight is 291 g/mol. The maximum atomic E-state index is 13.0. The summed E-state index contributed by atoms with van der Waals surface area (Å²) in [4.78, 5) is 0. The number of hydrogen-bond donors (Lipinski definition) is 1. The SMILES string of the molecule is Fc1ccc(Oc2ccc(-c3nn[nH]n3)cc2)cc1Cl. The molecule has 20 heavy (non-hydrogen) atoms. The molecule has 0 saturated heterocycles. The van der Waals surface area contributed by atoms with Crippen molar-refractivity contribution in [3.05, 3.63) is 53.3 Å². The van der Waals surface area contributed by atoms with Gasteiger partial charge in [-0.15, -0.1) is 10.2 Å². The monoisotopic (exact) mass is 290 g/mol. The minimum absolute atomic E-state index is 0.0194. The van der Waals surface area contributed by atoms with Crippen LogP contribution in [0.5, 0.6) is 11.5 Å².